The van der Waals surface area contributed by atoms with Gasteiger partial charge in [0.1, 0.15) is 11.8 Å². The van der Waals surface area contributed by atoms with Crippen LogP contribution in [0, 0.1) is 11.3 Å². The first-order valence-electron chi connectivity index (χ1n) is 4.56. The van der Waals surface area contributed by atoms with Gasteiger partial charge in [-0.2, -0.15) is 5.26 Å². The molecule has 1 aromatic rings. The monoisotopic (exact) mass is 260 g/mol. The third kappa shape index (κ3) is 2.68. The number of carbonyl (C=O) groups is 1. The second-order valence-electron chi connectivity index (χ2n) is 2.88. The summed E-state index contributed by atoms with van der Waals surface area (Å²) in [4.78, 5) is 14.8. The summed E-state index contributed by atoms with van der Waals surface area (Å²) in [6, 6.07) is 1.65. The summed E-state index contributed by atoms with van der Waals surface area (Å²) >= 11 is 5.62. The Morgan fingerprint density at radius 3 is 2.82 bits per heavy atom. The van der Waals surface area contributed by atoms with Gasteiger partial charge in [-0.3, -0.25) is 4.98 Å². The first-order valence-corrected chi connectivity index (χ1v) is 4.94. The van der Waals surface area contributed by atoms with Gasteiger partial charge in [0.15, 0.2) is 0 Å². The average Bonchev–Trinajstić information content (AvgIpc) is 2.27. The summed E-state index contributed by atoms with van der Waals surface area (Å²) in [5.74, 6) is -0.918. The van der Waals surface area contributed by atoms with Crippen molar-refractivity contribution < 1.29 is 18.3 Å². The molecule has 0 aliphatic heterocycles. The SMILES string of the molecule is CCOC(=O)c1c(C#N)cnc(C(F)F)c1Cl. The minimum absolute atomic E-state index is 0.0480. The molecule has 7 heteroatoms. The van der Waals surface area contributed by atoms with Crippen molar-refractivity contribution in [3.8, 4) is 6.07 Å². The van der Waals surface area contributed by atoms with Crippen LogP contribution >= 0.6 is 11.6 Å². The molecular formula is C10H7ClF2N2O2. The van der Waals surface area contributed by atoms with Gasteiger partial charge in [-0.05, 0) is 6.92 Å². The van der Waals surface area contributed by atoms with Crippen molar-refractivity contribution in [3.05, 3.63) is 28.0 Å². The Balaban J connectivity index is 3.39. The number of hydrogen-bond donors (Lipinski definition) is 0. The van der Waals surface area contributed by atoms with Crippen LogP contribution in [-0.4, -0.2) is 17.6 Å². The summed E-state index contributed by atoms with van der Waals surface area (Å²) in [5, 5.41) is 8.20. The lowest BCUT2D eigenvalue weighted by atomic mass is 10.1. The molecule has 0 saturated heterocycles. The fourth-order valence-corrected chi connectivity index (χ4v) is 1.45. The number of rotatable bonds is 3. The van der Waals surface area contributed by atoms with Crippen LogP contribution in [0.1, 0.15) is 35.0 Å². The van der Waals surface area contributed by atoms with Gasteiger partial charge < -0.3 is 4.74 Å². The smallest absolute Gasteiger partial charge is 0.341 e. The van der Waals surface area contributed by atoms with Crippen molar-refractivity contribution in [2.45, 2.75) is 13.3 Å². The number of pyridine rings is 1. The van der Waals surface area contributed by atoms with Gasteiger partial charge in [0.2, 0.25) is 0 Å². The van der Waals surface area contributed by atoms with E-state index in [9.17, 15) is 13.6 Å². The molecule has 0 fully saturated rings. The van der Waals surface area contributed by atoms with Crippen LogP contribution < -0.4 is 0 Å². The van der Waals surface area contributed by atoms with E-state index in [0.717, 1.165) is 6.20 Å². The Morgan fingerprint density at radius 2 is 2.35 bits per heavy atom. The summed E-state index contributed by atoms with van der Waals surface area (Å²) in [6.45, 7) is 1.60. The van der Waals surface area contributed by atoms with Crippen LogP contribution in [0.5, 0.6) is 0 Å². The zero-order valence-corrected chi connectivity index (χ0v) is 9.46. The van der Waals surface area contributed by atoms with E-state index in [2.05, 4.69) is 9.72 Å². The van der Waals surface area contributed by atoms with E-state index in [0.29, 0.717) is 0 Å². The van der Waals surface area contributed by atoms with E-state index in [-0.39, 0.29) is 17.7 Å². The van der Waals surface area contributed by atoms with E-state index in [1.54, 1.807) is 13.0 Å². The Morgan fingerprint density at radius 1 is 1.71 bits per heavy atom. The second kappa shape index (κ2) is 5.55. The highest BCUT2D eigenvalue weighted by atomic mass is 35.5. The molecule has 0 N–H and O–H groups in total. The van der Waals surface area contributed by atoms with Crippen molar-refractivity contribution >= 4 is 17.6 Å². The topological polar surface area (TPSA) is 63.0 Å². The molecule has 0 saturated carbocycles. The predicted octanol–water partition coefficient (Wildman–Crippen LogP) is 2.72. The van der Waals surface area contributed by atoms with Gasteiger partial charge in [0.05, 0.1) is 22.8 Å². The van der Waals surface area contributed by atoms with E-state index >= 15 is 0 Å². The summed E-state index contributed by atoms with van der Waals surface area (Å²) in [7, 11) is 0. The number of esters is 1. The lowest BCUT2D eigenvalue weighted by Crippen LogP contribution is -2.10. The lowest BCUT2D eigenvalue weighted by molar-refractivity contribution is 0.0525. The van der Waals surface area contributed by atoms with Crippen molar-refractivity contribution in [2.24, 2.45) is 0 Å². The number of carbonyl (C=O) groups excluding carboxylic acids is 1. The number of hydrogen-bond acceptors (Lipinski definition) is 4. The Hall–Kier alpha value is -1.74. The third-order valence-electron chi connectivity index (χ3n) is 1.85. The standard InChI is InChI=1S/C10H7ClF2N2O2/c1-2-17-10(16)6-5(3-14)4-15-8(7(6)11)9(12)13/h4,9H,2H2,1H3. The van der Waals surface area contributed by atoms with E-state index in [1.807, 2.05) is 0 Å². The summed E-state index contributed by atoms with van der Waals surface area (Å²) in [6.07, 6.45) is -2.05. The normalized spacial score (nSPS) is 10.1. The first-order chi connectivity index (χ1) is 8.02. The summed E-state index contributed by atoms with van der Waals surface area (Å²) in [5.41, 5.74) is -1.31. The van der Waals surface area contributed by atoms with Gasteiger partial charge in [0.25, 0.3) is 6.43 Å². The van der Waals surface area contributed by atoms with Crippen LogP contribution in [0.2, 0.25) is 5.02 Å². The highest BCUT2D eigenvalue weighted by molar-refractivity contribution is 6.34. The van der Waals surface area contributed by atoms with Gasteiger partial charge >= 0.3 is 5.97 Å². The van der Waals surface area contributed by atoms with Gasteiger partial charge in [-0.15, -0.1) is 0 Å². The van der Waals surface area contributed by atoms with E-state index < -0.39 is 23.1 Å². The molecule has 0 aliphatic carbocycles. The maximum atomic E-state index is 12.5. The molecule has 0 spiro atoms. The molecule has 0 radical (unpaired) electrons. The van der Waals surface area contributed by atoms with Gasteiger partial charge in [0, 0.05) is 6.20 Å². The maximum absolute atomic E-state index is 12.5. The Kier molecular flexibility index (Phi) is 4.35. The fraction of sp³-hybridized carbons (Fsp3) is 0.300. The van der Waals surface area contributed by atoms with Crippen molar-refractivity contribution in [1.82, 2.24) is 4.98 Å². The largest absolute Gasteiger partial charge is 0.462 e. The molecule has 0 unspecified atom stereocenters. The number of aromatic nitrogens is 1. The van der Waals surface area contributed by atoms with Crippen LogP contribution in [0.3, 0.4) is 0 Å². The quantitative estimate of drug-likeness (QED) is 0.784. The highest BCUT2D eigenvalue weighted by Gasteiger charge is 2.24. The number of ether oxygens (including phenoxy) is 1. The minimum Gasteiger partial charge on any atom is -0.462 e. The Bertz CT molecular complexity index is 486. The molecule has 1 rings (SSSR count). The number of halogens is 3. The van der Waals surface area contributed by atoms with Crippen LogP contribution in [0.15, 0.2) is 6.20 Å². The van der Waals surface area contributed by atoms with Crippen LogP contribution in [0.4, 0.5) is 8.78 Å². The minimum atomic E-state index is -2.93. The second-order valence-corrected chi connectivity index (χ2v) is 3.26. The van der Waals surface area contributed by atoms with Crippen LogP contribution in [0.25, 0.3) is 0 Å². The van der Waals surface area contributed by atoms with Crippen LogP contribution in [-0.2, 0) is 4.74 Å². The fourth-order valence-electron chi connectivity index (χ4n) is 1.14. The lowest BCUT2D eigenvalue weighted by Gasteiger charge is -2.09. The molecule has 0 amide bonds. The van der Waals surface area contributed by atoms with E-state index in [1.165, 1.54) is 0 Å². The van der Waals surface area contributed by atoms with Crippen molar-refractivity contribution in [3.63, 3.8) is 0 Å². The number of nitriles is 1. The molecule has 4 nitrogen and oxygen atoms in total. The number of alkyl halides is 2. The van der Waals surface area contributed by atoms with E-state index in [4.69, 9.17) is 16.9 Å². The van der Waals surface area contributed by atoms with Gasteiger partial charge in [-0.25, -0.2) is 13.6 Å². The van der Waals surface area contributed by atoms with Gasteiger partial charge in [-0.1, -0.05) is 11.6 Å². The zero-order chi connectivity index (χ0) is 13.0. The highest BCUT2D eigenvalue weighted by Crippen LogP contribution is 2.30. The molecule has 1 heterocycles. The Labute approximate surface area is 101 Å². The average molecular weight is 261 g/mol. The molecule has 0 atom stereocenters. The van der Waals surface area contributed by atoms with Crippen molar-refractivity contribution in [2.75, 3.05) is 6.61 Å². The molecule has 1 aromatic heterocycles. The maximum Gasteiger partial charge on any atom is 0.341 e. The predicted molar refractivity (Wildman–Crippen MR) is 54.9 cm³/mol. The molecule has 90 valence electrons. The summed E-state index contributed by atoms with van der Waals surface area (Å²) < 4.78 is 29.7. The molecule has 0 aromatic carbocycles. The van der Waals surface area contributed by atoms with Crippen molar-refractivity contribution in [1.29, 1.82) is 5.26 Å². The third-order valence-corrected chi connectivity index (χ3v) is 2.24. The number of nitrogens with zero attached hydrogens (tertiary/aromatic N) is 2. The first kappa shape index (κ1) is 13.3. The molecular weight excluding hydrogens is 254 g/mol. The molecule has 0 aliphatic rings. The molecule has 17 heavy (non-hydrogen) atoms. The zero-order valence-electron chi connectivity index (χ0n) is 8.71. The molecule has 0 bridgehead atoms.